The SMILES string of the molecule is CC1CCC(CNC(C)C)(CN2CC(C)C(C)C2)CC1. The van der Waals surface area contributed by atoms with Gasteiger partial charge >= 0.3 is 0 Å². The minimum absolute atomic E-state index is 0.542. The zero-order chi connectivity index (χ0) is 14.8. The fraction of sp³-hybridized carbons (Fsp3) is 1.00. The standard InChI is InChI=1S/C18H36N2/c1-14(2)19-12-18(8-6-15(3)7-9-18)13-20-10-16(4)17(5)11-20/h14-17,19H,6-13H2,1-5H3. The Balaban J connectivity index is 1.95. The van der Waals surface area contributed by atoms with E-state index in [1.54, 1.807) is 0 Å². The summed E-state index contributed by atoms with van der Waals surface area (Å²) in [6.45, 7) is 17.0. The molecule has 0 spiro atoms. The third-order valence-electron chi connectivity index (χ3n) is 5.84. The fourth-order valence-electron chi connectivity index (χ4n) is 4.04. The van der Waals surface area contributed by atoms with Crippen LogP contribution in [0.1, 0.15) is 60.3 Å². The van der Waals surface area contributed by atoms with Crippen LogP contribution in [0.15, 0.2) is 0 Å². The van der Waals surface area contributed by atoms with E-state index in [4.69, 9.17) is 0 Å². The lowest BCUT2D eigenvalue weighted by Crippen LogP contribution is -2.47. The van der Waals surface area contributed by atoms with Gasteiger partial charge in [-0.3, -0.25) is 0 Å². The van der Waals surface area contributed by atoms with Crippen molar-refractivity contribution in [3.63, 3.8) is 0 Å². The molecule has 1 saturated heterocycles. The Kier molecular flexibility index (Phi) is 5.53. The van der Waals surface area contributed by atoms with Gasteiger partial charge in [0.15, 0.2) is 0 Å². The summed E-state index contributed by atoms with van der Waals surface area (Å²) in [5.41, 5.74) is 0.542. The molecule has 2 aliphatic rings. The first-order chi connectivity index (χ1) is 9.40. The summed E-state index contributed by atoms with van der Waals surface area (Å²) < 4.78 is 0. The molecule has 2 nitrogen and oxygen atoms in total. The van der Waals surface area contributed by atoms with Gasteiger partial charge in [-0.1, -0.05) is 47.5 Å². The summed E-state index contributed by atoms with van der Waals surface area (Å²) in [5.74, 6) is 2.71. The highest BCUT2D eigenvalue weighted by Crippen LogP contribution is 2.40. The molecule has 2 unspecified atom stereocenters. The van der Waals surface area contributed by atoms with Crippen LogP contribution in [0.25, 0.3) is 0 Å². The van der Waals surface area contributed by atoms with Gasteiger partial charge in [0.1, 0.15) is 0 Å². The molecule has 0 aromatic rings. The smallest absolute Gasteiger partial charge is 0.00504 e. The van der Waals surface area contributed by atoms with Crippen molar-refractivity contribution < 1.29 is 0 Å². The Morgan fingerprint density at radius 2 is 1.60 bits per heavy atom. The fourth-order valence-corrected chi connectivity index (χ4v) is 4.04. The van der Waals surface area contributed by atoms with Crippen molar-refractivity contribution in [1.29, 1.82) is 0 Å². The molecule has 1 heterocycles. The molecule has 1 N–H and O–H groups in total. The van der Waals surface area contributed by atoms with Gasteiger partial charge < -0.3 is 10.2 Å². The van der Waals surface area contributed by atoms with Crippen LogP contribution in [0.4, 0.5) is 0 Å². The zero-order valence-electron chi connectivity index (χ0n) is 14.4. The van der Waals surface area contributed by atoms with Crippen LogP contribution in [0.5, 0.6) is 0 Å². The Labute approximate surface area is 126 Å². The van der Waals surface area contributed by atoms with Crippen LogP contribution in [-0.2, 0) is 0 Å². The van der Waals surface area contributed by atoms with Crippen LogP contribution in [-0.4, -0.2) is 37.1 Å². The molecule has 0 bridgehead atoms. The Morgan fingerprint density at radius 3 is 2.10 bits per heavy atom. The highest BCUT2D eigenvalue weighted by atomic mass is 15.2. The molecule has 0 amide bonds. The van der Waals surface area contributed by atoms with Crippen molar-refractivity contribution in [3.8, 4) is 0 Å². The van der Waals surface area contributed by atoms with Crippen molar-refractivity contribution in [3.05, 3.63) is 0 Å². The topological polar surface area (TPSA) is 15.3 Å². The van der Waals surface area contributed by atoms with Crippen LogP contribution in [0, 0.1) is 23.2 Å². The second-order valence-corrected chi connectivity index (χ2v) is 8.37. The van der Waals surface area contributed by atoms with Gasteiger partial charge in [0.2, 0.25) is 0 Å². The molecule has 0 radical (unpaired) electrons. The lowest BCUT2D eigenvalue weighted by atomic mass is 9.70. The maximum Gasteiger partial charge on any atom is 0.00504 e. The first-order valence-corrected chi connectivity index (χ1v) is 8.86. The normalized spacial score (nSPS) is 39.6. The first kappa shape index (κ1) is 16.3. The number of likely N-dealkylation sites (tertiary alicyclic amines) is 1. The summed E-state index contributed by atoms with van der Waals surface area (Å²) in [6.07, 6.45) is 5.71. The van der Waals surface area contributed by atoms with Crippen molar-refractivity contribution in [2.24, 2.45) is 23.2 Å². The van der Waals surface area contributed by atoms with Crippen LogP contribution < -0.4 is 5.32 Å². The van der Waals surface area contributed by atoms with Gasteiger partial charge in [0, 0.05) is 32.2 Å². The predicted molar refractivity (Wildman–Crippen MR) is 88.0 cm³/mol. The number of hydrogen-bond donors (Lipinski definition) is 1. The second kappa shape index (κ2) is 6.79. The quantitative estimate of drug-likeness (QED) is 0.824. The van der Waals surface area contributed by atoms with E-state index in [9.17, 15) is 0 Å². The van der Waals surface area contributed by atoms with E-state index in [2.05, 4.69) is 44.8 Å². The molecular formula is C18H36N2. The van der Waals surface area contributed by atoms with E-state index in [0.29, 0.717) is 11.5 Å². The molecule has 0 aromatic carbocycles. The maximum absolute atomic E-state index is 3.74. The maximum atomic E-state index is 3.74. The monoisotopic (exact) mass is 280 g/mol. The van der Waals surface area contributed by atoms with Crippen molar-refractivity contribution in [2.75, 3.05) is 26.2 Å². The summed E-state index contributed by atoms with van der Waals surface area (Å²) in [5, 5.41) is 3.74. The average Bonchev–Trinajstić information content (AvgIpc) is 2.69. The largest absolute Gasteiger partial charge is 0.314 e. The van der Waals surface area contributed by atoms with Gasteiger partial charge in [-0.25, -0.2) is 0 Å². The van der Waals surface area contributed by atoms with Gasteiger partial charge in [0.05, 0.1) is 0 Å². The van der Waals surface area contributed by atoms with Crippen LogP contribution in [0.3, 0.4) is 0 Å². The number of rotatable bonds is 5. The Bertz CT molecular complexity index is 282. The van der Waals surface area contributed by atoms with Gasteiger partial charge in [-0.2, -0.15) is 0 Å². The van der Waals surface area contributed by atoms with Crippen LogP contribution in [0.2, 0.25) is 0 Å². The molecule has 1 saturated carbocycles. The first-order valence-electron chi connectivity index (χ1n) is 8.86. The van der Waals surface area contributed by atoms with Crippen molar-refractivity contribution >= 4 is 0 Å². The Morgan fingerprint density at radius 1 is 1.05 bits per heavy atom. The highest BCUT2D eigenvalue weighted by Gasteiger charge is 2.38. The van der Waals surface area contributed by atoms with Gasteiger partial charge in [0.25, 0.3) is 0 Å². The lowest BCUT2D eigenvalue weighted by molar-refractivity contribution is 0.0935. The van der Waals surface area contributed by atoms with E-state index in [-0.39, 0.29) is 0 Å². The molecule has 1 aliphatic carbocycles. The minimum atomic E-state index is 0.542. The Hall–Kier alpha value is -0.0800. The third kappa shape index (κ3) is 4.21. The summed E-state index contributed by atoms with van der Waals surface area (Å²) >= 11 is 0. The molecule has 1 aliphatic heterocycles. The van der Waals surface area contributed by atoms with Crippen LogP contribution >= 0.6 is 0 Å². The van der Waals surface area contributed by atoms with E-state index in [1.165, 1.54) is 51.9 Å². The van der Waals surface area contributed by atoms with Crippen molar-refractivity contribution in [2.45, 2.75) is 66.3 Å². The van der Waals surface area contributed by atoms with Gasteiger partial charge in [-0.05, 0) is 36.0 Å². The van der Waals surface area contributed by atoms with E-state index >= 15 is 0 Å². The number of nitrogens with zero attached hydrogens (tertiary/aromatic N) is 1. The number of hydrogen-bond acceptors (Lipinski definition) is 2. The molecule has 2 fully saturated rings. The lowest BCUT2D eigenvalue weighted by Gasteiger charge is -2.42. The molecule has 2 rings (SSSR count). The van der Waals surface area contributed by atoms with E-state index in [1.807, 2.05) is 0 Å². The number of nitrogens with one attached hydrogen (secondary N) is 1. The second-order valence-electron chi connectivity index (χ2n) is 8.37. The molecule has 0 aromatic heterocycles. The molecule has 2 heteroatoms. The minimum Gasteiger partial charge on any atom is -0.314 e. The van der Waals surface area contributed by atoms with E-state index < -0.39 is 0 Å². The summed E-state index contributed by atoms with van der Waals surface area (Å²) in [7, 11) is 0. The molecule has 20 heavy (non-hydrogen) atoms. The van der Waals surface area contributed by atoms with Gasteiger partial charge in [-0.15, -0.1) is 0 Å². The third-order valence-corrected chi connectivity index (χ3v) is 5.84. The molecule has 118 valence electrons. The molecule has 2 atom stereocenters. The summed E-state index contributed by atoms with van der Waals surface area (Å²) in [6, 6.07) is 0.614. The van der Waals surface area contributed by atoms with Crippen molar-refractivity contribution in [1.82, 2.24) is 10.2 Å². The predicted octanol–water partition coefficient (Wildman–Crippen LogP) is 3.77. The molecular weight excluding hydrogens is 244 g/mol. The average molecular weight is 281 g/mol. The highest BCUT2D eigenvalue weighted by molar-refractivity contribution is 4.92. The zero-order valence-corrected chi connectivity index (χ0v) is 14.4. The van der Waals surface area contributed by atoms with E-state index in [0.717, 1.165) is 17.8 Å². The summed E-state index contributed by atoms with van der Waals surface area (Å²) in [4.78, 5) is 2.76.